The van der Waals surface area contributed by atoms with Gasteiger partial charge in [0.25, 0.3) is 0 Å². The summed E-state index contributed by atoms with van der Waals surface area (Å²) in [6, 6.07) is 2.45. The fraction of sp³-hybridized carbons (Fsp3) is 0.727. The van der Waals surface area contributed by atoms with Crippen LogP contribution in [0.15, 0.2) is 11.4 Å². The molecule has 1 N–H and O–H groups in total. The second-order valence-corrected chi connectivity index (χ2v) is 10.3. The number of aromatic nitrogens is 2. The van der Waals surface area contributed by atoms with Gasteiger partial charge < -0.3 is 15.0 Å². The maximum Gasteiger partial charge on any atom is 0.407 e. The molecule has 8 heteroatoms. The number of amides is 1. The molecule has 3 heterocycles. The Labute approximate surface area is 182 Å². The Balaban J connectivity index is 1.04. The van der Waals surface area contributed by atoms with Crippen LogP contribution in [-0.4, -0.2) is 65.6 Å². The number of nitrogens with zero attached hydrogens (tertiary/aromatic N) is 4. The van der Waals surface area contributed by atoms with Gasteiger partial charge in [0, 0.05) is 51.7 Å². The van der Waals surface area contributed by atoms with Gasteiger partial charge >= 0.3 is 6.09 Å². The predicted octanol–water partition coefficient (Wildman–Crippen LogP) is 3.45. The second kappa shape index (κ2) is 8.38. The molecular weight excluding hydrogens is 398 g/mol. The van der Waals surface area contributed by atoms with E-state index in [1.807, 2.05) is 11.7 Å². The van der Waals surface area contributed by atoms with Gasteiger partial charge in [0.05, 0.1) is 10.2 Å². The molecule has 1 amide bonds. The van der Waals surface area contributed by atoms with Crippen molar-refractivity contribution in [3.05, 3.63) is 11.4 Å². The number of hydrogen-bond acceptors (Lipinski definition) is 6. The van der Waals surface area contributed by atoms with Crippen molar-refractivity contribution in [1.29, 1.82) is 0 Å². The van der Waals surface area contributed by atoms with Crippen LogP contribution in [0.2, 0.25) is 0 Å². The lowest BCUT2D eigenvalue weighted by Gasteiger charge is -2.35. The fourth-order valence-electron chi connectivity index (χ4n) is 4.95. The SMILES string of the molecule is CC1CCC(NC(=O)O[C@@H]2C[C@@H]2CN2CCN(c3nn(C)c4ccsc34)CC2)CC1. The first-order valence-electron chi connectivity index (χ1n) is 11.4. The van der Waals surface area contributed by atoms with Crippen molar-refractivity contribution in [2.24, 2.45) is 18.9 Å². The molecule has 3 fully saturated rings. The number of rotatable bonds is 5. The van der Waals surface area contributed by atoms with E-state index in [0.717, 1.165) is 63.7 Å². The monoisotopic (exact) mass is 431 g/mol. The zero-order chi connectivity index (χ0) is 20.7. The summed E-state index contributed by atoms with van der Waals surface area (Å²) < 4.78 is 8.96. The molecule has 1 aliphatic heterocycles. The molecule has 30 heavy (non-hydrogen) atoms. The number of aryl methyl sites for hydroxylation is 1. The van der Waals surface area contributed by atoms with Gasteiger partial charge in [-0.2, -0.15) is 5.10 Å². The Morgan fingerprint density at radius 2 is 2.00 bits per heavy atom. The van der Waals surface area contributed by atoms with Gasteiger partial charge in [-0.1, -0.05) is 6.92 Å². The van der Waals surface area contributed by atoms with Crippen LogP contribution >= 0.6 is 11.3 Å². The van der Waals surface area contributed by atoms with Gasteiger partial charge in [-0.3, -0.25) is 9.58 Å². The van der Waals surface area contributed by atoms with Crippen molar-refractivity contribution in [3.8, 4) is 0 Å². The zero-order valence-electron chi connectivity index (χ0n) is 18.0. The number of hydrogen-bond donors (Lipinski definition) is 1. The van der Waals surface area contributed by atoms with Crippen LogP contribution in [0.25, 0.3) is 10.2 Å². The highest BCUT2D eigenvalue weighted by Crippen LogP contribution is 2.36. The number of thiophene rings is 1. The Hall–Kier alpha value is -1.80. The Morgan fingerprint density at radius 1 is 1.23 bits per heavy atom. The quantitative estimate of drug-likeness (QED) is 0.786. The van der Waals surface area contributed by atoms with Crippen molar-refractivity contribution in [2.75, 3.05) is 37.6 Å². The summed E-state index contributed by atoms with van der Waals surface area (Å²) in [7, 11) is 2.02. The normalized spacial score (nSPS) is 29.9. The number of carbonyl (C=O) groups excluding carboxylic acids is 1. The third kappa shape index (κ3) is 4.30. The summed E-state index contributed by atoms with van der Waals surface area (Å²) in [5.41, 5.74) is 1.22. The molecule has 2 aliphatic carbocycles. The minimum Gasteiger partial charge on any atom is -0.446 e. The Kier molecular flexibility index (Phi) is 5.62. The molecule has 2 saturated carbocycles. The van der Waals surface area contributed by atoms with E-state index >= 15 is 0 Å². The van der Waals surface area contributed by atoms with E-state index in [-0.39, 0.29) is 12.2 Å². The molecule has 0 aromatic carbocycles. The molecule has 5 rings (SSSR count). The first-order valence-corrected chi connectivity index (χ1v) is 12.3. The third-order valence-electron chi connectivity index (χ3n) is 7.06. The summed E-state index contributed by atoms with van der Waals surface area (Å²) >= 11 is 1.78. The standard InChI is InChI=1S/C22H33N5O2S/c1-15-3-5-17(6-4-15)23-22(28)29-19-13-16(19)14-26-8-10-27(11-9-26)21-20-18(7-12-30-20)25(2)24-21/h7,12,15-17,19H,3-6,8-11,13-14H2,1-2H3,(H,23,28)/t15?,16-,17?,19-/m1/s1. The first kappa shape index (κ1) is 20.1. The van der Waals surface area contributed by atoms with E-state index in [4.69, 9.17) is 9.84 Å². The lowest BCUT2D eigenvalue weighted by Crippen LogP contribution is -2.47. The van der Waals surface area contributed by atoms with Crippen LogP contribution in [0.1, 0.15) is 39.0 Å². The summed E-state index contributed by atoms with van der Waals surface area (Å²) in [4.78, 5) is 17.1. The summed E-state index contributed by atoms with van der Waals surface area (Å²) in [6.45, 7) is 7.41. The molecule has 0 radical (unpaired) electrons. The van der Waals surface area contributed by atoms with E-state index in [1.54, 1.807) is 11.3 Å². The number of alkyl carbamates (subject to hydrolysis) is 1. The van der Waals surface area contributed by atoms with Gasteiger partial charge in [-0.15, -0.1) is 11.3 Å². The lowest BCUT2D eigenvalue weighted by atomic mass is 9.87. The highest BCUT2D eigenvalue weighted by atomic mass is 32.1. The Morgan fingerprint density at radius 3 is 2.77 bits per heavy atom. The number of ether oxygens (including phenoxy) is 1. The van der Waals surface area contributed by atoms with Crippen LogP contribution < -0.4 is 10.2 Å². The smallest absolute Gasteiger partial charge is 0.407 e. The van der Waals surface area contributed by atoms with Gasteiger partial charge in [-0.05, 0) is 49.5 Å². The van der Waals surface area contributed by atoms with Crippen LogP contribution in [0.4, 0.5) is 10.6 Å². The first-order chi connectivity index (χ1) is 14.6. The lowest BCUT2D eigenvalue weighted by molar-refractivity contribution is 0.120. The zero-order valence-corrected chi connectivity index (χ0v) is 18.9. The van der Waals surface area contributed by atoms with E-state index < -0.39 is 0 Å². The molecule has 3 aliphatic rings. The average molecular weight is 432 g/mol. The maximum atomic E-state index is 12.2. The van der Waals surface area contributed by atoms with E-state index in [2.05, 4.69) is 33.5 Å². The van der Waals surface area contributed by atoms with E-state index in [0.29, 0.717) is 12.0 Å². The third-order valence-corrected chi connectivity index (χ3v) is 7.96. The molecule has 164 valence electrons. The number of fused-ring (bicyclic) bond motifs is 1. The number of carbonyl (C=O) groups is 1. The maximum absolute atomic E-state index is 12.2. The summed E-state index contributed by atoms with van der Waals surface area (Å²) in [5, 5.41) is 9.97. The predicted molar refractivity (Wildman–Crippen MR) is 120 cm³/mol. The van der Waals surface area contributed by atoms with Crippen molar-refractivity contribution in [2.45, 2.75) is 51.2 Å². The molecular formula is C22H33N5O2S. The molecule has 0 spiro atoms. The number of anilines is 1. The van der Waals surface area contributed by atoms with Gasteiger partial charge in [0.1, 0.15) is 6.10 Å². The topological polar surface area (TPSA) is 62.6 Å². The molecule has 7 nitrogen and oxygen atoms in total. The minimum atomic E-state index is -0.206. The van der Waals surface area contributed by atoms with Crippen molar-refractivity contribution < 1.29 is 9.53 Å². The highest BCUT2D eigenvalue weighted by molar-refractivity contribution is 7.17. The number of nitrogens with one attached hydrogen (secondary N) is 1. The fourth-order valence-corrected chi connectivity index (χ4v) is 5.87. The van der Waals surface area contributed by atoms with Crippen LogP contribution in [0.3, 0.4) is 0 Å². The molecule has 1 saturated heterocycles. The summed E-state index contributed by atoms with van der Waals surface area (Å²) in [5.74, 6) is 2.41. The second-order valence-electron chi connectivity index (χ2n) is 9.41. The highest BCUT2D eigenvalue weighted by Gasteiger charge is 2.42. The molecule has 2 atom stereocenters. The Bertz CT molecular complexity index is 879. The largest absolute Gasteiger partial charge is 0.446 e. The van der Waals surface area contributed by atoms with Crippen molar-refractivity contribution in [1.82, 2.24) is 20.0 Å². The van der Waals surface area contributed by atoms with Gasteiger partial charge in [0.15, 0.2) is 5.82 Å². The molecule has 2 aromatic rings. The van der Waals surface area contributed by atoms with Gasteiger partial charge in [0.2, 0.25) is 0 Å². The van der Waals surface area contributed by atoms with Crippen LogP contribution in [0, 0.1) is 11.8 Å². The van der Waals surface area contributed by atoms with E-state index in [9.17, 15) is 4.79 Å². The van der Waals surface area contributed by atoms with E-state index in [1.165, 1.54) is 23.1 Å². The van der Waals surface area contributed by atoms with Crippen molar-refractivity contribution in [3.63, 3.8) is 0 Å². The summed E-state index contributed by atoms with van der Waals surface area (Å²) in [6.07, 6.45) is 5.49. The minimum absolute atomic E-state index is 0.104. The molecule has 0 unspecified atom stereocenters. The van der Waals surface area contributed by atoms with Crippen LogP contribution in [0.5, 0.6) is 0 Å². The van der Waals surface area contributed by atoms with Crippen molar-refractivity contribution >= 4 is 33.5 Å². The van der Waals surface area contributed by atoms with Gasteiger partial charge in [-0.25, -0.2) is 4.79 Å². The number of piperazine rings is 1. The molecule has 2 aromatic heterocycles. The van der Waals surface area contributed by atoms with Crippen LogP contribution in [-0.2, 0) is 11.8 Å². The average Bonchev–Trinajstić information content (AvgIpc) is 3.13. The molecule has 0 bridgehead atoms.